The number of nitrogens with one attached hydrogen (secondary N) is 1. The van der Waals surface area contributed by atoms with Gasteiger partial charge in [0.2, 0.25) is 0 Å². The average molecular weight is 171 g/mol. The van der Waals surface area contributed by atoms with Gasteiger partial charge in [0.05, 0.1) is 13.2 Å². The molecule has 0 unspecified atom stereocenters. The van der Waals surface area contributed by atoms with Crippen molar-refractivity contribution in [3.8, 4) is 0 Å². The van der Waals surface area contributed by atoms with E-state index in [0.717, 1.165) is 0 Å². The summed E-state index contributed by atoms with van der Waals surface area (Å²) in [5, 5.41) is 10.5. The summed E-state index contributed by atoms with van der Waals surface area (Å²) in [6, 6.07) is -0.744. The Morgan fingerprint density at radius 1 is 1.67 bits per heavy atom. The summed E-state index contributed by atoms with van der Waals surface area (Å²) in [4.78, 5) is 20.9. The molecule has 0 amide bonds. The van der Waals surface area contributed by atoms with Gasteiger partial charge in [0.1, 0.15) is 0 Å². The van der Waals surface area contributed by atoms with E-state index in [0.29, 0.717) is 0 Å². The molecule has 0 aromatic rings. The molecule has 0 rings (SSSR count). The topological polar surface area (TPSA) is 75.6 Å². The van der Waals surface area contributed by atoms with Crippen molar-refractivity contribution in [2.24, 2.45) is 0 Å². The van der Waals surface area contributed by atoms with Crippen LogP contribution >= 0.6 is 0 Å². The Bertz CT molecular complexity index is 173. The first kappa shape index (κ1) is 11.0. The van der Waals surface area contributed by atoms with Crippen LogP contribution in [-0.2, 0) is 14.3 Å². The monoisotopic (exact) mass is 171 g/mol. The van der Waals surface area contributed by atoms with Gasteiger partial charge in [-0.15, -0.1) is 0 Å². The third-order valence-electron chi connectivity index (χ3n) is 1.33. The number of carboxylic acids is 1. The smallest absolute Gasteiger partial charge is 0.321 e. The predicted molar refractivity (Wildman–Crippen MR) is 41.6 cm³/mol. The number of hydrogen-bond acceptors (Lipinski definition) is 4. The van der Waals surface area contributed by atoms with E-state index in [4.69, 9.17) is 13.1 Å². The lowest BCUT2D eigenvalue weighted by molar-refractivity contribution is -0.143. The summed E-state index contributed by atoms with van der Waals surface area (Å²) in [5.41, 5.74) is 0. The number of aliphatic carboxylic acids is 1. The molecule has 0 saturated heterocycles. The van der Waals surface area contributed by atoms with E-state index < -0.39 is 18.0 Å². The van der Waals surface area contributed by atoms with Crippen molar-refractivity contribution in [3.05, 3.63) is 0 Å². The third-order valence-corrected chi connectivity index (χ3v) is 1.33. The van der Waals surface area contributed by atoms with E-state index in [2.05, 4.69) is 9.96 Å². The average Bonchev–Trinajstić information content (AvgIpc) is 2.04. The van der Waals surface area contributed by atoms with Gasteiger partial charge >= 0.3 is 11.9 Å². The number of esters is 1. The second-order valence-electron chi connectivity index (χ2n) is 2.17. The lowest BCUT2D eigenvalue weighted by Crippen LogP contribution is -2.36. The molecule has 5 nitrogen and oxygen atoms in total. The third kappa shape index (κ3) is 3.97. The SMILES string of the molecule is [B]N[C@@H](CCC(=O)O)C(=O)OC. The fourth-order valence-electron chi connectivity index (χ4n) is 0.679. The molecule has 0 saturated carbocycles. The number of carbonyl (C=O) groups is 2. The Balaban J connectivity index is 3.83. The quantitative estimate of drug-likeness (QED) is 0.412. The van der Waals surface area contributed by atoms with Gasteiger partial charge in [-0.05, 0) is 6.42 Å². The summed E-state index contributed by atoms with van der Waals surface area (Å²) in [6.07, 6.45) is 0.00245. The Morgan fingerprint density at radius 2 is 2.25 bits per heavy atom. The second-order valence-corrected chi connectivity index (χ2v) is 2.17. The number of carboxylic acid groups (broad SMARTS) is 1. The summed E-state index contributed by atoms with van der Waals surface area (Å²) in [6.45, 7) is 0. The Labute approximate surface area is 71.5 Å². The molecule has 2 radical (unpaired) electrons. The van der Waals surface area contributed by atoms with Crippen LogP contribution in [0.3, 0.4) is 0 Å². The van der Waals surface area contributed by atoms with Crippen LogP contribution in [0.15, 0.2) is 0 Å². The fraction of sp³-hybridized carbons (Fsp3) is 0.667. The highest BCUT2D eigenvalue weighted by Gasteiger charge is 2.16. The first-order valence-electron chi connectivity index (χ1n) is 3.37. The molecule has 0 spiro atoms. The molecule has 0 bridgehead atoms. The molecule has 0 aliphatic rings. The molecule has 12 heavy (non-hydrogen) atoms. The summed E-state index contributed by atoms with van der Waals surface area (Å²) in [5.74, 6) is -1.53. The summed E-state index contributed by atoms with van der Waals surface area (Å²) >= 11 is 0. The van der Waals surface area contributed by atoms with Gasteiger partial charge in [0, 0.05) is 6.42 Å². The van der Waals surface area contributed by atoms with Crippen molar-refractivity contribution in [1.82, 2.24) is 5.23 Å². The minimum absolute atomic E-state index is 0.121. The van der Waals surface area contributed by atoms with Crippen molar-refractivity contribution in [3.63, 3.8) is 0 Å². The largest absolute Gasteiger partial charge is 0.481 e. The van der Waals surface area contributed by atoms with E-state index in [9.17, 15) is 9.59 Å². The fourth-order valence-corrected chi connectivity index (χ4v) is 0.679. The number of carbonyl (C=O) groups excluding carboxylic acids is 1. The van der Waals surface area contributed by atoms with E-state index in [1.807, 2.05) is 0 Å². The van der Waals surface area contributed by atoms with Gasteiger partial charge in [-0.2, -0.15) is 0 Å². The van der Waals surface area contributed by atoms with Crippen LogP contribution in [0, 0.1) is 0 Å². The first-order chi connectivity index (χ1) is 5.61. The standard InChI is InChI=1S/C6H10BNO4/c1-12-6(11)4(8-7)2-3-5(9)10/h4,8H,2-3H2,1H3,(H,9,10)/t4-/m0/s1. The van der Waals surface area contributed by atoms with Crippen LogP contribution in [0.5, 0.6) is 0 Å². The zero-order valence-electron chi connectivity index (χ0n) is 6.74. The zero-order chi connectivity index (χ0) is 9.56. The van der Waals surface area contributed by atoms with Crippen molar-refractivity contribution in [2.75, 3.05) is 7.11 Å². The van der Waals surface area contributed by atoms with Gasteiger partial charge < -0.3 is 15.1 Å². The van der Waals surface area contributed by atoms with E-state index >= 15 is 0 Å². The van der Waals surface area contributed by atoms with Gasteiger partial charge in [0.25, 0.3) is 0 Å². The van der Waals surface area contributed by atoms with Gasteiger partial charge in [-0.1, -0.05) is 0 Å². The van der Waals surface area contributed by atoms with Crippen LogP contribution in [-0.4, -0.2) is 38.2 Å². The van der Waals surface area contributed by atoms with Gasteiger partial charge in [0.15, 0.2) is 7.98 Å². The highest BCUT2D eigenvalue weighted by atomic mass is 16.5. The summed E-state index contributed by atoms with van der Waals surface area (Å²) < 4.78 is 4.36. The van der Waals surface area contributed by atoms with Crippen molar-refractivity contribution < 1.29 is 19.4 Å². The molecule has 0 aromatic carbocycles. The van der Waals surface area contributed by atoms with Crippen LogP contribution in [0.25, 0.3) is 0 Å². The molecule has 0 aliphatic carbocycles. The molecule has 2 N–H and O–H groups in total. The van der Waals surface area contributed by atoms with Crippen LogP contribution < -0.4 is 5.23 Å². The lowest BCUT2D eigenvalue weighted by Gasteiger charge is -2.11. The summed E-state index contributed by atoms with van der Waals surface area (Å²) in [7, 11) is 6.21. The predicted octanol–water partition coefficient (Wildman–Crippen LogP) is -0.934. The Hall–Kier alpha value is -1.04. The van der Waals surface area contributed by atoms with Crippen molar-refractivity contribution >= 4 is 19.9 Å². The number of hydrogen-bond donors (Lipinski definition) is 2. The first-order valence-corrected chi connectivity index (χ1v) is 3.37. The van der Waals surface area contributed by atoms with Gasteiger partial charge in [-0.3, -0.25) is 9.59 Å². The number of methoxy groups -OCH3 is 1. The molecular weight excluding hydrogens is 161 g/mol. The van der Waals surface area contributed by atoms with Crippen LogP contribution in [0.2, 0.25) is 0 Å². The van der Waals surface area contributed by atoms with E-state index in [-0.39, 0.29) is 12.8 Å². The highest BCUT2D eigenvalue weighted by molar-refractivity contribution is 6.06. The van der Waals surface area contributed by atoms with Gasteiger partial charge in [-0.25, -0.2) is 0 Å². The molecule has 0 heterocycles. The Morgan fingerprint density at radius 3 is 2.58 bits per heavy atom. The maximum absolute atomic E-state index is 10.8. The van der Waals surface area contributed by atoms with Crippen LogP contribution in [0.1, 0.15) is 12.8 Å². The number of rotatable bonds is 5. The molecule has 66 valence electrons. The van der Waals surface area contributed by atoms with Crippen molar-refractivity contribution in [2.45, 2.75) is 18.9 Å². The maximum Gasteiger partial charge on any atom is 0.321 e. The van der Waals surface area contributed by atoms with Crippen molar-refractivity contribution in [1.29, 1.82) is 0 Å². The second kappa shape index (κ2) is 5.59. The molecule has 0 aliphatic heterocycles. The molecule has 0 fully saturated rings. The Kier molecular flexibility index (Phi) is 5.11. The van der Waals surface area contributed by atoms with E-state index in [1.165, 1.54) is 7.11 Å². The zero-order valence-corrected chi connectivity index (χ0v) is 6.74. The van der Waals surface area contributed by atoms with Crippen LogP contribution in [0.4, 0.5) is 0 Å². The molecular formula is C6H10BNO4. The molecule has 1 atom stereocenters. The molecule has 0 aromatic heterocycles. The minimum atomic E-state index is -0.973. The highest BCUT2D eigenvalue weighted by Crippen LogP contribution is 1.98. The maximum atomic E-state index is 10.8. The minimum Gasteiger partial charge on any atom is -0.481 e. The van der Waals surface area contributed by atoms with E-state index in [1.54, 1.807) is 0 Å². The normalized spacial score (nSPS) is 12.1. The molecule has 6 heteroatoms. The number of ether oxygens (including phenoxy) is 1. The lowest BCUT2D eigenvalue weighted by atomic mass is 10.1.